The molecule has 19 heavy (non-hydrogen) atoms. The van der Waals surface area contributed by atoms with E-state index in [9.17, 15) is 14.9 Å². The third kappa shape index (κ3) is 2.42. The Labute approximate surface area is 109 Å². The fourth-order valence-corrected chi connectivity index (χ4v) is 1.77. The van der Waals surface area contributed by atoms with Crippen LogP contribution >= 0.6 is 0 Å². The number of para-hydroxylation sites is 2. The van der Waals surface area contributed by atoms with Gasteiger partial charge in [-0.1, -0.05) is 32.9 Å². The number of hydrogen-bond acceptors (Lipinski definition) is 3. The van der Waals surface area contributed by atoms with E-state index < -0.39 is 4.92 Å². The van der Waals surface area contributed by atoms with Crippen LogP contribution in [-0.2, 0) is 5.41 Å². The lowest BCUT2D eigenvalue weighted by Crippen LogP contribution is -2.15. The van der Waals surface area contributed by atoms with E-state index in [1.54, 1.807) is 18.2 Å². The molecule has 2 aromatic rings. The van der Waals surface area contributed by atoms with Crippen LogP contribution in [-0.4, -0.2) is 14.7 Å². The second-order valence-electron chi connectivity index (χ2n) is 5.34. The minimum absolute atomic E-state index is 0.105. The normalized spacial score (nSPS) is 11.5. The molecular formula is C13H15N3O3. The van der Waals surface area contributed by atoms with Crippen molar-refractivity contribution in [3.8, 4) is 5.69 Å². The van der Waals surface area contributed by atoms with Crippen molar-refractivity contribution in [2.75, 3.05) is 0 Å². The zero-order valence-electron chi connectivity index (χ0n) is 11.0. The summed E-state index contributed by atoms with van der Waals surface area (Å²) in [4.78, 5) is 22.5. The molecule has 0 atom stereocenters. The lowest BCUT2D eigenvalue weighted by molar-refractivity contribution is -0.384. The maximum atomic E-state index is 12.0. The molecule has 6 nitrogen and oxygen atoms in total. The number of nitro benzene ring substituents is 1. The van der Waals surface area contributed by atoms with Gasteiger partial charge in [0.25, 0.3) is 11.2 Å². The number of aromatic amines is 1. The van der Waals surface area contributed by atoms with Gasteiger partial charge >= 0.3 is 0 Å². The first kappa shape index (κ1) is 13.1. The van der Waals surface area contributed by atoms with E-state index in [0.29, 0.717) is 0 Å². The molecule has 0 saturated carbocycles. The van der Waals surface area contributed by atoms with Crippen LogP contribution in [0, 0.1) is 10.1 Å². The molecule has 0 amide bonds. The molecule has 1 aromatic heterocycles. The molecule has 0 aliphatic heterocycles. The van der Waals surface area contributed by atoms with Crippen LogP contribution in [0.2, 0.25) is 0 Å². The number of H-pyrrole nitrogens is 1. The van der Waals surface area contributed by atoms with Crippen molar-refractivity contribution in [1.82, 2.24) is 9.78 Å². The standard InChI is InChI=1S/C13H15N3O3/c1-13(2,3)11-8-12(17)15(14-11)9-6-4-5-7-10(9)16(18)19/h4-8,14H,1-3H3. The summed E-state index contributed by atoms with van der Waals surface area (Å²) in [5, 5.41) is 13.9. The summed E-state index contributed by atoms with van der Waals surface area (Å²) in [6, 6.07) is 7.62. The molecule has 0 bridgehead atoms. The Hall–Kier alpha value is -2.37. The van der Waals surface area contributed by atoms with E-state index in [2.05, 4.69) is 5.10 Å². The number of benzene rings is 1. The third-order valence-electron chi connectivity index (χ3n) is 2.85. The predicted molar refractivity (Wildman–Crippen MR) is 71.7 cm³/mol. The Morgan fingerprint density at radius 1 is 1.26 bits per heavy atom. The van der Waals surface area contributed by atoms with Gasteiger partial charge in [-0.25, -0.2) is 4.68 Å². The van der Waals surface area contributed by atoms with Gasteiger partial charge in [0.05, 0.1) is 4.92 Å². The smallest absolute Gasteiger partial charge is 0.294 e. The van der Waals surface area contributed by atoms with Gasteiger partial charge in [0.15, 0.2) is 0 Å². The molecule has 0 unspecified atom stereocenters. The Morgan fingerprint density at radius 3 is 2.42 bits per heavy atom. The van der Waals surface area contributed by atoms with Gasteiger partial charge in [-0.3, -0.25) is 20.0 Å². The fraction of sp³-hybridized carbons (Fsp3) is 0.308. The zero-order chi connectivity index (χ0) is 14.2. The summed E-state index contributed by atoms with van der Waals surface area (Å²) in [5.74, 6) is 0. The lowest BCUT2D eigenvalue weighted by atomic mass is 9.93. The van der Waals surface area contributed by atoms with E-state index in [4.69, 9.17) is 0 Å². The van der Waals surface area contributed by atoms with Crippen molar-refractivity contribution in [3.63, 3.8) is 0 Å². The van der Waals surface area contributed by atoms with E-state index >= 15 is 0 Å². The Morgan fingerprint density at radius 2 is 1.89 bits per heavy atom. The number of rotatable bonds is 2. The molecule has 0 fully saturated rings. The highest BCUT2D eigenvalue weighted by Gasteiger charge is 2.21. The Bertz CT molecular complexity index is 677. The Balaban J connectivity index is 2.64. The highest BCUT2D eigenvalue weighted by molar-refractivity contribution is 5.51. The zero-order valence-corrected chi connectivity index (χ0v) is 11.0. The van der Waals surface area contributed by atoms with Crippen LogP contribution in [0.3, 0.4) is 0 Å². The van der Waals surface area contributed by atoms with Gasteiger partial charge in [-0.2, -0.15) is 0 Å². The van der Waals surface area contributed by atoms with Crippen molar-refractivity contribution >= 4 is 5.69 Å². The van der Waals surface area contributed by atoms with Crippen molar-refractivity contribution in [3.05, 3.63) is 56.5 Å². The number of hydrogen-bond donors (Lipinski definition) is 1. The molecule has 6 heteroatoms. The van der Waals surface area contributed by atoms with E-state index in [0.717, 1.165) is 5.69 Å². The maximum Gasteiger partial charge on any atom is 0.294 e. The summed E-state index contributed by atoms with van der Waals surface area (Å²) < 4.78 is 1.21. The number of nitrogens with zero attached hydrogens (tertiary/aromatic N) is 2. The highest BCUT2D eigenvalue weighted by Crippen LogP contribution is 2.23. The van der Waals surface area contributed by atoms with Gasteiger partial charge in [-0.05, 0) is 6.07 Å². The SMILES string of the molecule is CC(C)(C)c1cc(=O)n(-c2ccccc2[N+](=O)[O-])[nH]1. The molecule has 1 N–H and O–H groups in total. The second-order valence-corrected chi connectivity index (χ2v) is 5.34. The Kier molecular flexibility index (Phi) is 3.01. The molecule has 0 spiro atoms. The molecule has 0 radical (unpaired) electrons. The highest BCUT2D eigenvalue weighted by atomic mass is 16.6. The summed E-state index contributed by atoms with van der Waals surface area (Å²) in [6.45, 7) is 5.88. The average molecular weight is 261 g/mol. The second kappa shape index (κ2) is 4.38. The molecule has 0 aliphatic rings. The minimum Gasteiger partial charge on any atom is -0.294 e. The van der Waals surface area contributed by atoms with Crippen molar-refractivity contribution in [2.24, 2.45) is 0 Å². The van der Waals surface area contributed by atoms with Crippen LogP contribution < -0.4 is 5.56 Å². The lowest BCUT2D eigenvalue weighted by Gasteiger charge is -2.15. The van der Waals surface area contributed by atoms with Gasteiger partial charge < -0.3 is 0 Å². The molecule has 1 heterocycles. The van der Waals surface area contributed by atoms with E-state index in [-0.39, 0.29) is 22.3 Å². The van der Waals surface area contributed by atoms with Gasteiger partial charge in [0, 0.05) is 23.2 Å². The summed E-state index contributed by atoms with van der Waals surface area (Å²) in [7, 11) is 0. The van der Waals surface area contributed by atoms with Crippen molar-refractivity contribution in [1.29, 1.82) is 0 Å². The van der Waals surface area contributed by atoms with E-state index in [1.807, 2.05) is 20.8 Å². The average Bonchev–Trinajstić information content (AvgIpc) is 2.71. The monoisotopic (exact) mass is 261 g/mol. The molecule has 0 saturated heterocycles. The maximum absolute atomic E-state index is 12.0. The first-order chi connectivity index (χ1) is 8.80. The first-order valence-corrected chi connectivity index (χ1v) is 5.87. The molecule has 2 rings (SSSR count). The molecule has 1 aromatic carbocycles. The van der Waals surface area contributed by atoms with Gasteiger partial charge in [0.2, 0.25) is 0 Å². The third-order valence-corrected chi connectivity index (χ3v) is 2.85. The summed E-state index contributed by atoms with van der Waals surface area (Å²) >= 11 is 0. The predicted octanol–water partition coefficient (Wildman–Crippen LogP) is 2.37. The topological polar surface area (TPSA) is 80.9 Å². The van der Waals surface area contributed by atoms with Crippen LogP contribution in [0.15, 0.2) is 35.1 Å². The fourth-order valence-electron chi connectivity index (χ4n) is 1.77. The summed E-state index contributed by atoms with van der Waals surface area (Å²) in [5.41, 5.74) is 0.336. The summed E-state index contributed by atoms with van der Waals surface area (Å²) in [6.07, 6.45) is 0. The molecular weight excluding hydrogens is 246 g/mol. The van der Waals surface area contributed by atoms with Crippen LogP contribution in [0.25, 0.3) is 5.69 Å². The minimum atomic E-state index is -0.501. The largest absolute Gasteiger partial charge is 0.294 e. The van der Waals surface area contributed by atoms with Crippen LogP contribution in [0.1, 0.15) is 26.5 Å². The van der Waals surface area contributed by atoms with Crippen LogP contribution in [0.4, 0.5) is 5.69 Å². The van der Waals surface area contributed by atoms with E-state index in [1.165, 1.54) is 16.8 Å². The number of nitro groups is 1. The first-order valence-electron chi connectivity index (χ1n) is 5.87. The van der Waals surface area contributed by atoms with Gasteiger partial charge in [-0.15, -0.1) is 0 Å². The molecule has 100 valence electrons. The van der Waals surface area contributed by atoms with Gasteiger partial charge in [0.1, 0.15) is 5.69 Å². The number of nitrogens with one attached hydrogen (secondary N) is 1. The van der Waals surface area contributed by atoms with Crippen molar-refractivity contribution < 1.29 is 4.92 Å². The quantitative estimate of drug-likeness (QED) is 0.665. The number of aromatic nitrogens is 2. The molecule has 0 aliphatic carbocycles. The van der Waals surface area contributed by atoms with Crippen molar-refractivity contribution in [2.45, 2.75) is 26.2 Å². The van der Waals surface area contributed by atoms with Crippen LogP contribution in [0.5, 0.6) is 0 Å².